The Morgan fingerprint density at radius 2 is 2.13 bits per heavy atom. The number of aliphatic hydroxyl groups is 1. The Kier molecular flexibility index (Phi) is 3.79. The van der Waals surface area contributed by atoms with Crippen LogP contribution < -0.4 is 0 Å². The lowest BCUT2D eigenvalue weighted by molar-refractivity contribution is 0.0477. The van der Waals surface area contributed by atoms with E-state index >= 15 is 0 Å². The van der Waals surface area contributed by atoms with Crippen molar-refractivity contribution in [2.24, 2.45) is 0 Å². The van der Waals surface area contributed by atoms with Gasteiger partial charge in [0.25, 0.3) is 0 Å². The molecule has 3 rings (SSSR count). The molecule has 0 amide bonds. The van der Waals surface area contributed by atoms with Crippen LogP contribution in [0.1, 0.15) is 54.7 Å². The predicted molar refractivity (Wildman–Crippen MR) is 76.5 cm³/mol. The van der Waals surface area contributed by atoms with E-state index < -0.39 is 17.5 Å². The van der Waals surface area contributed by atoms with Gasteiger partial charge in [-0.15, -0.1) is 0 Å². The molecule has 1 N–H and O–H groups in total. The number of ketones is 2. The lowest BCUT2D eigenvalue weighted by Crippen LogP contribution is -2.23. The zero-order chi connectivity index (χ0) is 16.6. The van der Waals surface area contributed by atoms with Crippen molar-refractivity contribution < 1.29 is 28.6 Å². The van der Waals surface area contributed by atoms with E-state index in [1.54, 1.807) is 6.07 Å². The molecule has 2 heterocycles. The number of nitrogens with zero attached hydrogens (tertiary/aromatic N) is 1. The molecule has 0 unspecified atom stereocenters. The first-order valence-corrected chi connectivity index (χ1v) is 7.02. The molecule has 0 saturated carbocycles. The number of hydrogen-bond acceptors (Lipinski definition) is 7. The highest BCUT2D eigenvalue weighted by atomic mass is 16.5. The summed E-state index contributed by atoms with van der Waals surface area (Å²) in [5.74, 6) is -1.82. The summed E-state index contributed by atoms with van der Waals surface area (Å²) in [6, 6.07) is 3.04. The van der Waals surface area contributed by atoms with Crippen molar-refractivity contribution in [3.8, 4) is 0 Å². The van der Waals surface area contributed by atoms with Crippen LogP contribution in [0.5, 0.6) is 0 Å². The van der Waals surface area contributed by atoms with E-state index in [4.69, 9.17) is 14.3 Å². The minimum atomic E-state index is -0.763. The Morgan fingerprint density at radius 1 is 1.35 bits per heavy atom. The standard InChI is InChI=1S/C16H13NO6/c1-8-10(16(21)22-7-3-6-18)11-14(20)12-9(4-2-5-17-12)13(19)15(11)23-8/h2,4-5,18H,3,6-7H2,1H3. The normalized spacial score (nSPS) is 12.8. The first-order chi connectivity index (χ1) is 11.1. The molecule has 0 radical (unpaired) electrons. The van der Waals surface area contributed by atoms with Crippen molar-refractivity contribution in [2.75, 3.05) is 13.2 Å². The number of furan rings is 1. The minimum Gasteiger partial charge on any atom is -0.462 e. The van der Waals surface area contributed by atoms with Gasteiger partial charge in [0, 0.05) is 19.2 Å². The molecule has 7 heteroatoms. The Morgan fingerprint density at radius 3 is 2.87 bits per heavy atom. The van der Waals surface area contributed by atoms with Crippen molar-refractivity contribution in [1.82, 2.24) is 4.98 Å². The lowest BCUT2D eigenvalue weighted by atomic mass is 9.90. The average Bonchev–Trinajstić information content (AvgIpc) is 2.90. The second-order valence-electron chi connectivity index (χ2n) is 5.01. The lowest BCUT2D eigenvalue weighted by Gasteiger charge is -2.12. The van der Waals surface area contributed by atoms with Crippen LogP contribution in [-0.2, 0) is 4.74 Å². The van der Waals surface area contributed by atoms with Crippen molar-refractivity contribution in [1.29, 1.82) is 0 Å². The number of rotatable bonds is 4. The van der Waals surface area contributed by atoms with Crippen LogP contribution in [0.2, 0.25) is 0 Å². The summed E-state index contributed by atoms with van der Waals surface area (Å²) < 4.78 is 10.4. The van der Waals surface area contributed by atoms with Crippen molar-refractivity contribution in [3.05, 3.63) is 52.2 Å². The number of aromatic nitrogens is 1. The molecule has 0 aliphatic heterocycles. The maximum atomic E-state index is 12.6. The van der Waals surface area contributed by atoms with E-state index in [2.05, 4.69) is 4.98 Å². The van der Waals surface area contributed by atoms with Gasteiger partial charge < -0.3 is 14.3 Å². The number of carbonyl (C=O) groups is 3. The fraction of sp³-hybridized carbons (Fsp3) is 0.250. The van der Waals surface area contributed by atoms with Crippen molar-refractivity contribution in [2.45, 2.75) is 13.3 Å². The van der Waals surface area contributed by atoms with E-state index in [1.807, 2.05) is 0 Å². The predicted octanol–water partition coefficient (Wildman–Crippen LogP) is 1.30. The molecule has 1 aliphatic carbocycles. The zero-order valence-electron chi connectivity index (χ0n) is 12.3. The molecule has 23 heavy (non-hydrogen) atoms. The number of aryl methyl sites for hydroxylation is 1. The molecule has 1 aliphatic rings. The summed E-state index contributed by atoms with van der Waals surface area (Å²) in [4.78, 5) is 41.2. The van der Waals surface area contributed by atoms with Crippen molar-refractivity contribution in [3.63, 3.8) is 0 Å². The third-order valence-corrected chi connectivity index (χ3v) is 3.52. The smallest absolute Gasteiger partial charge is 0.342 e. The van der Waals surface area contributed by atoms with Gasteiger partial charge in [-0.05, 0) is 19.1 Å². The number of carbonyl (C=O) groups excluding carboxylic acids is 3. The van der Waals surface area contributed by atoms with E-state index in [-0.39, 0.29) is 53.5 Å². The van der Waals surface area contributed by atoms with Crippen LogP contribution in [0.4, 0.5) is 0 Å². The van der Waals surface area contributed by atoms with Crippen LogP contribution in [0.25, 0.3) is 0 Å². The van der Waals surface area contributed by atoms with E-state index in [1.165, 1.54) is 19.2 Å². The van der Waals surface area contributed by atoms with E-state index in [9.17, 15) is 14.4 Å². The number of hydrogen-bond donors (Lipinski definition) is 1. The molecule has 7 nitrogen and oxygen atoms in total. The number of esters is 1. The zero-order valence-corrected chi connectivity index (χ0v) is 12.3. The van der Waals surface area contributed by atoms with Crippen LogP contribution in [0.15, 0.2) is 22.7 Å². The number of fused-ring (bicyclic) bond motifs is 2. The molecule has 0 saturated heterocycles. The van der Waals surface area contributed by atoms with E-state index in [0.717, 1.165) is 0 Å². The van der Waals surface area contributed by atoms with Crippen LogP contribution >= 0.6 is 0 Å². The Hall–Kier alpha value is -2.80. The summed E-state index contributed by atoms with van der Waals surface area (Å²) >= 11 is 0. The molecule has 0 atom stereocenters. The Labute approximate surface area is 130 Å². The van der Waals surface area contributed by atoms with Gasteiger partial charge in [0.15, 0.2) is 5.76 Å². The second kappa shape index (κ2) is 5.77. The largest absolute Gasteiger partial charge is 0.462 e. The maximum Gasteiger partial charge on any atom is 0.342 e. The Bertz CT molecular complexity index is 820. The molecule has 0 aromatic carbocycles. The molecule has 118 valence electrons. The van der Waals surface area contributed by atoms with Gasteiger partial charge in [0.2, 0.25) is 11.6 Å². The van der Waals surface area contributed by atoms with Gasteiger partial charge in [0.1, 0.15) is 17.0 Å². The van der Waals surface area contributed by atoms with Crippen molar-refractivity contribution >= 4 is 17.5 Å². The highest BCUT2D eigenvalue weighted by Gasteiger charge is 2.39. The van der Waals surface area contributed by atoms with Crippen LogP contribution in [0.3, 0.4) is 0 Å². The number of pyridine rings is 1. The molecule has 0 spiro atoms. The van der Waals surface area contributed by atoms with Gasteiger partial charge in [-0.1, -0.05) is 0 Å². The monoisotopic (exact) mass is 315 g/mol. The van der Waals surface area contributed by atoms with Crippen LogP contribution in [0, 0.1) is 6.92 Å². The number of aliphatic hydroxyl groups excluding tert-OH is 1. The second-order valence-corrected chi connectivity index (χ2v) is 5.01. The van der Waals surface area contributed by atoms with Gasteiger partial charge in [-0.3, -0.25) is 14.6 Å². The third kappa shape index (κ3) is 2.35. The maximum absolute atomic E-state index is 12.6. The molecule has 2 aromatic rings. The molecule has 0 fully saturated rings. The third-order valence-electron chi connectivity index (χ3n) is 3.52. The fourth-order valence-corrected chi connectivity index (χ4v) is 2.48. The summed E-state index contributed by atoms with van der Waals surface area (Å²) in [6.07, 6.45) is 1.68. The van der Waals surface area contributed by atoms with Gasteiger partial charge in [-0.2, -0.15) is 0 Å². The quantitative estimate of drug-likeness (QED) is 0.571. The summed E-state index contributed by atoms with van der Waals surface area (Å²) in [5, 5.41) is 8.73. The first kappa shape index (κ1) is 15.1. The van der Waals surface area contributed by atoms with Gasteiger partial charge >= 0.3 is 5.97 Å². The van der Waals surface area contributed by atoms with Gasteiger partial charge in [0.05, 0.1) is 17.7 Å². The topological polar surface area (TPSA) is 107 Å². The fourth-order valence-electron chi connectivity index (χ4n) is 2.48. The minimum absolute atomic E-state index is 0.00444. The SMILES string of the molecule is Cc1oc2c(c1C(=O)OCCCO)C(=O)c1ncccc1C2=O. The summed E-state index contributed by atoms with van der Waals surface area (Å²) in [7, 11) is 0. The highest BCUT2D eigenvalue weighted by molar-refractivity contribution is 6.29. The molecule has 0 bridgehead atoms. The molecule has 2 aromatic heterocycles. The highest BCUT2D eigenvalue weighted by Crippen LogP contribution is 2.32. The summed E-state index contributed by atoms with van der Waals surface area (Å²) in [5.41, 5.74) is -0.0190. The van der Waals surface area contributed by atoms with Gasteiger partial charge in [-0.25, -0.2) is 4.79 Å². The first-order valence-electron chi connectivity index (χ1n) is 7.02. The molecular weight excluding hydrogens is 302 g/mol. The number of ether oxygens (including phenoxy) is 1. The average molecular weight is 315 g/mol. The van der Waals surface area contributed by atoms with E-state index in [0.29, 0.717) is 0 Å². The molecular formula is C16H13NO6. The van der Waals surface area contributed by atoms with Crippen LogP contribution in [-0.4, -0.2) is 40.8 Å². The Balaban J connectivity index is 2.06. The summed E-state index contributed by atoms with van der Waals surface area (Å²) in [6.45, 7) is 1.37.